The first-order valence-electron chi connectivity index (χ1n) is 6.70. The van der Waals surface area contributed by atoms with E-state index in [9.17, 15) is 0 Å². The molecule has 1 aromatic heterocycles. The molecule has 0 aliphatic heterocycles. The van der Waals surface area contributed by atoms with Gasteiger partial charge in [-0.3, -0.25) is 5.10 Å². The lowest BCUT2D eigenvalue weighted by Gasteiger charge is -2.12. The molecule has 2 unspecified atom stereocenters. The summed E-state index contributed by atoms with van der Waals surface area (Å²) in [4.78, 5) is 0. The molecule has 2 atom stereocenters. The van der Waals surface area contributed by atoms with Gasteiger partial charge in [0, 0.05) is 17.7 Å². The van der Waals surface area contributed by atoms with Gasteiger partial charge in [-0.25, -0.2) is 0 Å². The van der Waals surface area contributed by atoms with Gasteiger partial charge in [-0.2, -0.15) is 5.10 Å². The Bertz CT molecular complexity index is 356. The van der Waals surface area contributed by atoms with E-state index in [0.29, 0.717) is 11.7 Å². The predicted octanol–water partition coefficient (Wildman–Crippen LogP) is 3.01. The predicted molar refractivity (Wildman–Crippen MR) is 76.9 cm³/mol. The molecule has 4 heteroatoms. The molecule has 1 aliphatic carbocycles. The number of nitrogens with zero attached hydrogens (tertiary/aromatic N) is 1. The Morgan fingerprint density at radius 3 is 2.72 bits per heavy atom. The summed E-state index contributed by atoms with van der Waals surface area (Å²) >= 11 is 0. The van der Waals surface area contributed by atoms with Crippen LogP contribution in [0, 0.1) is 11.8 Å². The van der Waals surface area contributed by atoms with Crippen LogP contribution in [0.3, 0.4) is 0 Å². The van der Waals surface area contributed by atoms with E-state index in [0.717, 1.165) is 11.8 Å². The van der Waals surface area contributed by atoms with Crippen molar-refractivity contribution in [3.05, 3.63) is 24.5 Å². The Morgan fingerprint density at radius 2 is 2.22 bits per heavy atom. The fraction of sp³-hybridized carbons (Fsp3) is 0.643. The van der Waals surface area contributed by atoms with Gasteiger partial charge >= 0.3 is 0 Å². The third kappa shape index (κ3) is 4.43. The van der Waals surface area contributed by atoms with Gasteiger partial charge in [0.1, 0.15) is 5.82 Å². The minimum Gasteiger partial charge on any atom is -0.405 e. The minimum absolute atomic E-state index is 0.623. The molecule has 102 valence electrons. The topological polar surface area (TPSA) is 80.7 Å². The molecule has 1 aromatic rings. The zero-order chi connectivity index (χ0) is 13.5. The van der Waals surface area contributed by atoms with Crippen molar-refractivity contribution in [1.29, 1.82) is 0 Å². The summed E-state index contributed by atoms with van der Waals surface area (Å²) < 4.78 is 0. The number of aromatic nitrogens is 2. The first kappa shape index (κ1) is 14.6. The highest BCUT2D eigenvalue weighted by molar-refractivity contribution is 5.30. The molecule has 18 heavy (non-hydrogen) atoms. The zero-order valence-electron chi connectivity index (χ0n) is 11.5. The molecule has 1 fully saturated rings. The smallest absolute Gasteiger partial charge is 0.145 e. The molecule has 1 saturated carbocycles. The maximum atomic E-state index is 5.62. The van der Waals surface area contributed by atoms with Gasteiger partial charge in [0.25, 0.3) is 0 Å². The van der Waals surface area contributed by atoms with Gasteiger partial charge in [0.15, 0.2) is 0 Å². The molecular formula is C14H26N4. The van der Waals surface area contributed by atoms with Gasteiger partial charge in [-0.15, -0.1) is 0 Å². The number of hydrogen-bond acceptors (Lipinski definition) is 3. The summed E-state index contributed by atoms with van der Waals surface area (Å²) in [6, 6.07) is 1.99. The SMILES string of the molecule is C=CN.CC(C)CC1CCC(c2cc(N)n[nH]2)C1. The first-order chi connectivity index (χ1) is 8.56. The Kier molecular flexibility index (Phi) is 5.75. The van der Waals surface area contributed by atoms with Crippen molar-refractivity contribution in [3.8, 4) is 0 Å². The maximum Gasteiger partial charge on any atom is 0.145 e. The standard InChI is InChI=1S/C12H21N3.C2H5N/c1-8(2)5-9-3-4-10(6-9)11-7-12(13)15-14-11;1-2-3/h7-10H,3-6H2,1-2H3,(H3,13,14,15);2H,1,3H2. The third-order valence-electron chi connectivity index (χ3n) is 3.40. The van der Waals surface area contributed by atoms with E-state index < -0.39 is 0 Å². The lowest BCUT2D eigenvalue weighted by atomic mass is 9.94. The highest BCUT2D eigenvalue weighted by Gasteiger charge is 2.27. The second-order valence-corrected chi connectivity index (χ2v) is 5.49. The van der Waals surface area contributed by atoms with E-state index in [1.54, 1.807) is 0 Å². The highest BCUT2D eigenvalue weighted by Crippen LogP contribution is 2.40. The summed E-state index contributed by atoms with van der Waals surface area (Å²) in [6.45, 7) is 7.75. The van der Waals surface area contributed by atoms with E-state index in [4.69, 9.17) is 5.73 Å². The second-order valence-electron chi connectivity index (χ2n) is 5.49. The quantitative estimate of drug-likeness (QED) is 0.771. The fourth-order valence-corrected chi connectivity index (χ4v) is 2.80. The van der Waals surface area contributed by atoms with Crippen molar-refractivity contribution in [1.82, 2.24) is 10.2 Å². The van der Waals surface area contributed by atoms with Crippen molar-refractivity contribution in [2.24, 2.45) is 17.6 Å². The van der Waals surface area contributed by atoms with E-state index in [1.807, 2.05) is 6.07 Å². The molecule has 1 heterocycles. The van der Waals surface area contributed by atoms with Crippen molar-refractivity contribution in [3.63, 3.8) is 0 Å². The number of rotatable bonds is 3. The summed E-state index contributed by atoms with van der Waals surface area (Å²) in [5, 5.41) is 7.05. The van der Waals surface area contributed by atoms with E-state index in [1.165, 1.54) is 37.6 Å². The van der Waals surface area contributed by atoms with Gasteiger partial charge in [-0.1, -0.05) is 20.4 Å². The summed E-state index contributed by atoms with van der Waals surface area (Å²) in [5.74, 6) is 3.01. The number of nitrogens with two attached hydrogens (primary N) is 2. The van der Waals surface area contributed by atoms with Gasteiger partial charge in [-0.05, 0) is 43.7 Å². The van der Waals surface area contributed by atoms with Crippen LogP contribution in [0.25, 0.3) is 0 Å². The van der Waals surface area contributed by atoms with Crippen LogP contribution in [0.1, 0.15) is 51.1 Å². The van der Waals surface area contributed by atoms with Gasteiger partial charge in [0.05, 0.1) is 0 Å². The number of H-pyrrole nitrogens is 1. The number of anilines is 1. The van der Waals surface area contributed by atoms with E-state index >= 15 is 0 Å². The number of nitrogen functional groups attached to an aromatic ring is 1. The van der Waals surface area contributed by atoms with Crippen LogP contribution in [-0.2, 0) is 0 Å². The van der Waals surface area contributed by atoms with Crippen LogP contribution in [0.4, 0.5) is 5.82 Å². The average Bonchev–Trinajstić information content (AvgIpc) is 2.87. The van der Waals surface area contributed by atoms with E-state index in [2.05, 4.69) is 36.4 Å². The van der Waals surface area contributed by atoms with Crippen molar-refractivity contribution >= 4 is 5.82 Å². The lowest BCUT2D eigenvalue weighted by Crippen LogP contribution is -2.00. The molecule has 1 aliphatic rings. The van der Waals surface area contributed by atoms with Crippen LogP contribution in [0.5, 0.6) is 0 Å². The minimum atomic E-state index is 0.623. The largest absolute Gasteiger partial charge is 0.405 e. The van der Waals surface area contributed by atoms with Crippen LogP contribution in [0.2, 0.25) is 0 Å². The molecule has 0 saturated heterocycles. The first-order valence-corrected chi connectivity index (χ1v) is 6.70. The second kappa shape index (κ2) is 7.09. The number of hydrogen-bond donors (Lipinski definition) is 3. The summed E-state index contributed by atoms with van der Waals surface area (Å²) in [6.07, 6.45) is 6.57. The van der Waals surface area contributed by atoms with Crippen LogP contribution < -0.4 is 11.5 Å². The monoisotopic (exact) mass is 250 g/mol. The van der Waals surface area contributed by atoms with Gasteiger partial charge < -0.3 is 11.5 Å². The fourth-order valence-electron chi connectivity index (χ4n) is 2.80. The third-order valence-corrected chi connectivity index (χ3v) is 3.40. The number of nitrogens with one attached hydrogen (secondary N) is 1. The zero-order valence-corrected chi connectivity index (χ0v) is 11.5. The van der Waals surface area contributed by atoms with Crippen molar-refractivity contribution < 1.29 is 0 Å². The molecule has 2 rings (SSSR count). The Hall–Kier alpha value is -1.45. The van der Waals surface area contributed by atoms with Crippen LogP contribution in [0.15, 0.2) is 18.8 Å². The molecule has 4 nitrogen and oxygen atoms in total. The van der Waals surface area contributed by atoms with Crippen LogP contribution in [-0.4, -0.2) is 10.2 Å². The summed E-state index contributed by atoms with van der Waals surface area (Å²) in [7, 11) is 0. The van der Waals surface area contributed by atoms with E-state index in [-0.39, 0.29) is 0 Å². The van der Waals surface area contributed by atoms with Crippen LogP contribution >= 0.6 is 0 Å². The normalized spacial score (nSPS) is 22.6. The molecule has 0 amide bonds. The highest BCUT2D eigenvalue weighted by atomic mass is 15.2. The maximum absolute atomic E-state index is 5.62. The molecule has 5 N–H and O–H groups in total. The Balaban J connectivity index is 0.000000492. The van der Waals surface area contributed by atoms with Crippen molar-refractivity contribution in [2.45, 2.75) is 45.4 Å². The Morgan fingerprint density at radius 1 is 1.56 bits per heavy atom. The molecule has 0 aromatic carbocycles. The Labute approximate surface area is 110 Å². The van der Waals surface area contributed by atoms with Crippen molar-refractivity contribution in [2.75, 3.05) is 5.73 Å². The average molecular weight is 250 g/mol. The lowest BCUT2D eigenvalue weighted by molar-refractivity contribution is 0.414. The molecule has 0 bridgehead atoms. The summed E-state index contributed by atoms with van der Waals surface area (Å²) in [5.41, 5.74) is 11.5. The van der Waals surface area contributed by atoms with Gasteiger partial charge in [0.2, 0.25) is 0 Å². The molecule has 0 spiro atoms. The molecule has 0 radical (unpaired) electrons. The number of aromatic amines is 1. The molecular weight excluding hydrogens is 224 g/mol.